The molecule has 18 nitrogen and oxygen atoms in total. The van der Waals surface area contributed by atoms with Gasteiger partial charge in [-0.1, -0.05) is 0 Å². The number of hydrogen-bond donors (Lipinski definition) is 13. The summed E-state index contributed by atoms with van der Waals surface area (Å²) in [7, 11) is 0. The quantitative estimate of drug-likeness (QED) is 0.0751. The van der Waals surface area contributed by atoms with Crippen LogP contribution in [0.1, 0.15) is 32.1 Å². The summed E-state index contributed by atoms with van der Waals surface area (Å²) >= 11 is 0. The minimum atomic E-state index is -2.18. The molecule has 1 saturated carbocycles. The van der Waals surface area contributed by atoms with Crippen molar-refractivity contribution < 1.29 is 58.8 Å². The van der Waals surface area contributed by atoms with Crippen molar-refractivity contribution in [3.05, 3.63) is 0 Å². The van der Waals surface area contributed by atoms with Crippen LogP contribution >= 0.6 is 0 Å². The first-order valence-electron chi connectivity index (χ1n) is 16.8. The molecule has 3 saturated heterocycles. The van der Waals surface area contributed by atoms with Crippen molar-refractivity contribution in [2.24, 2.45) is 28.9 Å². The highest BCUT2D eigenvalue weighted by atomic mass is 19.1. The molecule has 0 spiro atoms. The number of aliphatic hydroxyl groups is 6. The zero-order chi connectivity index (χ0) is 35.1. The molecule has 17 N–H and O–H groups in total. The summed E-state index contributed by atoms with van der Waals surface area (Å²) in [5, 5.41) is 72.0. The Morgan fingerprint density at radius 3 is 2.23 bits per heavy atom. The van der Waals surface area contributed by atoms with Gasteiger partial charge in [-0.2, -0.15) is 0 Å². The molecule has 16 atom stereocenters. The lowest BCUT2D eigenvalue weighted by Gasteiger charge is -2.48. The number of halogens is 1. The van der Waals surface area contributed by atoms with E-state index in [1.54, 1.807) is 0 Å². The minimum absolute atomic E-state index is 0.00398. The third kappa shape index (κ3) is 9.55. The summed E-state index contributed by atoms with van der Waals surface area (Å²) in [5.74, 6) is -0.296. The molecule has 1 aliphatic carbocycles. The fraction of sp³-hybridized carbons (Fsp3) is 0.966. The number of piperidine rings is 1. The van der Waals surface area contributed by atoms with Crippen LogP contribution in [0.4, 0.5) is 4.39 Å². The molecule has 1 amide bonds. The smallest absolute Gasteiger partial charge is 0.249 e. The molecule has 0 aromatic heterocycles. The normalized spacial score (nSPS) is 43.5. The van der Waals surface area contributed by atoms with Gasteiger partial charge in [0.2, 0.25) is 5.91 Å². The van der Waals surface area contributed by atoms with E-state index in [0.717, 1.165) is 32.4 Å². The number of aliphatic hydroxyl groups excluding tert-OH is 6. The highest BCUT2D eigenvalue weighted by Gasteiger charge is 2.53. The number of nitrogens with one attached hydrogen (secondary N) is 3. The van der Waals surface area contributed by atoms with Gasteiger partial charge in [0.05, 0.1) is 18.2 Å². The van der Waals surface area contributed by atoms with Gasteiger partial charge in [0.15, 0.2) is 18.8 Å². The van der Waals surface area contributed by atoms with Crippen LogP contribution in [-0.4, -0.2) is 174 Å². The van der Waals surface area contributed by atoms with Crippen molar-refractivity contribution >= 4 is 5.91 Å². The number of carbonyl (C=O) groups is 1. The first kappa shape index (κ1) is 39.5. The maximum atomic E-state index is 16.6. The fourth-order valence-corrected chi connectivity index (χ4v) is 6.76. The SMILES string of the molecule is NCC[C@H](O)C(=O)N[C@@H]1C[C@@H](N)[C@@H](O[C@@H]2O[C@H](CN)[C@@H](O)[C@H](O)[C@H]2O)[C@H](F)[C@@H]1O[C@@H]1O[C@@H](CNCCC2CCNCC2)[C@H](O)[C@@H](N)[C@@H]1O. The molecular weight excluding hydrogens is 641 g/mol. The van der Waals surface area contributed by atoms with Crippen molar-refractivity contribution in [1.29, 1.82) is 0 Å². The van der Waals surface area contributed by atoms with Gasteiger partial charge in [-0.3, -0.25) is 4.79 Å². The topological polar surface area (TPSA) is 316 Å². The van der Waals surface area contributed by atoms with E-state index in [1.807, 2.05) is 0 Å². The van der Waals surface area contributed by atoms with Crippen LogP contribution in [-0.2, 0) is 23.7 Å². The number of carbonyl (C=O) groups excluding carboxylic acids is 1. The fourth-order valence-electron chi connectivity index (χ4n) is 6.76. The van der Waals surface area contributed by atoms with Crippen molar-refractivity contribution in [2.45, 2.75) is 130 Å². The number of ether oxygens (including phenoxy) is 4. The van der Waals surface area contributed by atoms with E-state index in [1.165, 1.54) is 0 Å². The molecule has 19 heteroatoms. The number of nitrogens with two attached hydrogens (primary N) is 4. The first-order chi connectivity index (χ1) is 22.9. The lowest BCUT2D eigenvalue weighted by atomic mass is 9.84. The number of amides is 1. The average Bonchev–Trinajstić information content (AvgIpc) is 3.07. The summed E-state index contributed by atoms with van der Waals surface area (Å²) in [6, 6.07) is -3.56. The minimum Gasteiger partial charge on any atom is -0.389 e. The standard InChI is InChI=1S/C29H56FN7O11/c30-18-25(47-29-24(43)23(42)21(40)16(10-32)45-29)13(33)9-14(37-27(44)15(38)1-5-31)26(18)48-28-22(41)19(34)20(39)17(46-28)11-36-8-4-12-2-6-35-7-3-12/h12-26,28-29,35-36,38-43H,1-11,31-34H2,(H,37,44)/t13-,14-,15+,16-,17+,18+,19-,20+,21-,22+,23+,24-,25-,26-,28+,29+/m1/s1. The second-order valence-corrected chi connectivity index (χ2v) is 13.3. The van der Waals surface area contributed by atoms with E-state index in [4.69, 9.17) is 41.9 Å². The van der Waals surface area contributed by atoms with Gasteiger partial charge in [-0.25, -0.2) is 4.39 Å². The number of rotatable bonds is 14. The van der Waals surface area contributed by atoms with Crippen LogP contribution in [0.2, 0.25) is 0 Å². The second kappa shape index (κ2) is 18.3. The third-order valence-electron chi connectivity index (χ3n) is 9.82. The lowest BCUT2D eigenvalue weighted by molar-refractivity contribution is -0.326. The highest BCUT2D eigenvalue weighted by Crippen LogP contribution is 2.33. The molecule has 280 valence electrons. The van der Waals surface area contributed by atoms with Crippen molar-refractivity contribution in [2.75, 3.05) is 39.3 Å². The van der Waals surface area contributed by atoms with Crippen LogP contribution in [0, 0.1) is 5.92 Å². The maximum absolute atomic E-state index is 16.6. The predicted molar refractivity (Wildman–Crippen MR) is 166 cm³/mol. The Kier molecular flexibility index (Phi) is 15.1. The van der Waals surface area contributed by atoms with Gasteiger partial charge in [0.25, 0.3) is 0 Å². The van der Waals surface area contributed by atoms with Gasteiger partial charge < -0.3 is 88.5 Å². The van der Waals surface area contributed by atoms with Crippen molar-refractivity contribution in [3.63, 3.8) is 0 Å². The Balaban J connectivity index is 1.48. The molecule has 0 aromatic rings. The molecule has 0 bridgehead atoms. The molecule has 3 heterocycles. The Morgan fingerprint density at radius 2 is 1.56 bits per heavy atom. The Bertz CT molecular complexity index is 992. The summed E-state index contributed by atoms with van der Waals surface area (Å²) < 4.78 is 39.7. The Labute approximate surface area is 278 Å². The zero-order valence-electron chi connectivity index (χ0n) is 27.0. The van der Waals surface area contributed by atoms with E-state index < -0.39 is 104 Å². The Hall–Kier alpha value is -1.24. The van der Waals surface area contributed by atoms with E-state index in [0.29, 0.717) is 12.5 Å². The first-order valence-corrected chi connectivity index (χ1v) is 16.8. The van der Waals surface area contributed by atoms with Gasteiger partial charge in [-0.05, 0) is 64.2 Å². The third-order valence-corrected chi connectivity index (χ3v) is 9.82. The van der Waals surface area contributed by atoms with Crippen LogP contribution in [0.15, 0.2) is 0 Å². The molecule has 48 heavy (non-hydrogen) atoms. The monoisotopic (exact) mass is 697 g/mol. The lowest BCUT2D eigenvalue weighted by Crippen LogP contribution is -2.69. The van der Waals surface area contributed by atoms with E-state index >= 15 is 4.39 Å². The van der Waals surface area contributed by atoms with Crippen molar-refractivity contribution in [1.82, 2.24) is 16.0 Å². The van der Waals surface area contributed by atoms with Gasteiger partial charge >= 0.3 is 0 Å². The van der Waals surface area contributed by atoms with E-state index in [9.17, 15) is 35.4 Å². The number of hydrogen-bond acceptors (Lipinski definition) is 17. The molecule has 0 aromatic carbocycles. The summed E-state index contributed by atoms with van der Waals surface area (Å²) in [4.78, 5) is 12.8. The van der Waals surface area contributed by atoms with Crippen LogP contribution in [0.25, 0.3) is 0 Å². The molecule has 4 fully saturated rings. The largest absolute Gasteiger partial charge is 0.389 e. The summed E-state index contributed by atoms with van der Waals surface area (Å²) in [6.07, 6.45) is -17.3. The summed E-state index contributed by atoms with van der Waals surface area (Å²) in [5.41, 5.74) is 23.5. The summed E-state index contributed by atoms with van der Waals surface area (Å²) in [6.45, 7) is 2.50. The average molecular weight is 698 g/mol. The van der Waals surface area contributed by atoms with E-state index in [2.05, 4.69) is 16.0 Å². The van der Waals surface area contributed by atoms with Crippen LogP contribution < -0.4 is 38.9 Å². The van der Waals surface area contributed by atoms with Crippen molar-refractivity contribution in [3.8, 4) is 0 Å². The maximum Gasteiger partial charge on any atom is 0.249 e. The van der Waals surface area contributed by atoms with Crippen LogP contribution in [0.5, 0.6) is 0 Å². The van der Waals surface area contributed by atoms with Crippen LogP contribution in [0.3, 0.4) is 0 Å². The zero-order valence-corrected chi connectivity index (χ0v) is 27.0. The molecule has 3 aliphatic heterocycles. The second-order valence-electron chi connectivity index (χ2n) is 13.3. The van der Waals surface area contributed by atoms with Gasteiger partial charge in [0.1, 0.15) is 54.9 Å². The predicted octanol–water partition coefficient (Wildman–Crippen LogP) is -6.46. The highest BCUT2D eigenvalue weighted by molar-refractivity contribution is 5.80. The Morgan fingerprint density at radius 1 is 0.917 bits per heavy atom. The van der Waals surface area contributed by atoms with Gasteiger partial charge in [-0.15, -0.1) is 0 Å². The molecule has 4 rings (SSSR count). The molecule has 0 unspecified atom stereocenters. The van der Waals surface area contributed by atoms with Gasteiger partial charge in [0, 0.05) is 19.1 Å². The molecular formula is C29H56FN7O11. The molecule has 0 radical (unpaired) electrons. The van der Waals surface area contributed by atoms with E-state index in [-0.39, 0.29) is 32.5 Å². The molecule has 4 aliphatic rings. The number of alkyl halides is 1.